The predicted octanol–water partition coefficient (Wildman–Crippen LogP) is 4.20. The summed E-state index contributed by atoms with van der Waals surface area (Å²) in [5, 5.41) is 3.06. The number of carbonyl (C=O) groups is 1. The number of benzene rings is 1. The fourth-order valence-corrected chi connectivity index (χ4v) is 2.95. The molecule has 1 fully saturated rings. The first-order chi connectivity index (χ1) is 8.16. The molecule has 3 heteroatoms. The highest BCUT2D eigenvalue weighted by molar-refractivity contribution is 14.1. The molecule has 1 N–H and O–H groups in total. The Labute approximate surface area is 116 Å². The molecule has 0 radical (unpaired) electrons. The first-order valence-corrected chi connectivity index (χ1v) is 7.31. The minimum atomic E-state index is -0.108. The van der Waals surface area contributed by atoms with Crippen LogP contribution in [-0.2, 0) is 4.79 Å². The number of nitrogens with one attached hydrogen (secondary N) is 1. The van der Waals surface area contributed by atoms with Crippen molar-refractivity contribution in [3.8, 4) is 0 Å². The van der Waals surface area contributed by atoms with Gasteiger partial charge >= 0.3 is 0 Å². The summed E-state index contributed by atoms with van der Waals surface area (Å²) in [4.78, 5) is 12.3. The largest absolute Gasteiger partial charge is 0.326 e. The van der Waals surface area contributed by atoms with Crippen LogP contribution in [0.5, 0.6) is 0 Å². The summed E-state index contributed by atoms with van der Waals surface area (Å²) in [6.07, 6.45) is 5.41. The lowest BCUT2D eigenvalue weighted by molar-refractivity contribution is -0.125. The van der Waals surface area contributed by atoms with Gasteiger partial charge in [0.05, 0.1) is 0 Å². The zero-order valence-corrected chi connectivity index (χ0v) is 12.3. The number of rotatable bonds is 3. The second kappa shape index (κ2) is 5.38. The molecule has 0 aromatic heterocycles. The molecule has 1 aromatic carbocycles. The standard InChI is InChI=1S/C14H18INO/c1-2-14(9-3-4-10-14)13(17)16-12-7-5-11(15)6-8-12/h5-8H,2-4,9-10H2,1H3,(H,16,17). The van der Waals surface area contributed by atoms with E-state index in [-0.39, 0.29) is 11.3 Å². The van der Waals surface area contributed by atoms with Gasteiger partial charge in [0, 0.05) is 14.7 Å². The molecule has 2 nitrogen and oxygen atoms in total. The normalized spacial score (nSPS) is 18.0. The van der Waals surface area contributed by atoms with Crippen LogP contribution < -0.4 is 5.32 Å². The molecule has 0 heterocycles. The lowest BCUT2D eigenvalue weighted by atomic mass is 9.82. The molecule has 17 heavy (non-hydrogen) atoms. The van der Waals surface area contributed by atoms with Gasteiger partial charge in [0.2, 0.25) is 5.91 Å². The molecule has 0 aliphatic heterocycles. The van der Waals surface area contributed by atoms with Gasteiger partial charge in [-0.25, -0.2) is 0 Å². The summed E-state index contributed by atoms with van der Waals surface area (Å²) < 4.78 is 1.19. The van der Waals surface area contributed by atoms with Crippen LogP contribution in [0.15, 0.2) is 24.3 Å². The molecule has 0 atom stereocenters. The maximum atomic E-state index is 12.3. The first kappa shape index (κ1) is 12.9. The Morgan fingerprint density at radius 3 is 2.41 bits per heavy atom. The molecule has 0 saturated heterocycles. The SMILES string of the molecule is CCC1(C(=O)Nc2ccc(I)cc2)CCCC1. The van der Waals surface area contributed by atoms with Crippen molar-refractivity contribution in [3.63, 3.8) is 0 Å². The Kier molecular flexibility index (Phi) is 4.07. The van der Waals surface area contributed by atoms with Gasteiger partial charge in [-0.2, -0.15) is 0 Å². The van der Waals surface area contributed by atoms with E-state index in [4.69, 9.17) is 0 Å². The summed E-state index contributed by atoms with van der Waals surface area (Å²) in [6, 6.07) is 7.98. The van der Waals surface area contributed by atoms with Crippen molar-refractivity contribution < 1.29 is 4.79 Å². The summed E-state index contributed by atoms with van der Waals surface area (Å²) in [5.74, 6) is 0.207. The van der Waals surface area contributed by atoms with Crippen molar-refractivity contribution in [2.75, 3.05) is 5.32 Å². The average molecular weight is 343 g/mol. The smallest absolute Gasteiger partial charge is 0.230 e. The minimum Gasteiger partial charge on any atom is -0.326 e. The monoisotopic (exact) mass is 343 g/mol. The van der Waals surface area contributed by atoms with Gasteiger partial charge in [0.1, 0.15) is 0 Å². The Bertz CT molecular complexity index is 393. The van der Waals surface area contributed by atoms with Gasteiger partial charge < -0.3 is 5.32 Å². The fraction of sp³-hybridized carbons (Fsp3) is 0.500. The van der Waals surface area contributed by atoms with E-state index in [1.807, 2.05) is 24.3 Å². The molecule has 1 saturated carbocycles. The van der Waals surface area contributed by atoms with E-state index in [1.54, 1.807) is 0 Å². The molecule has 1 aromatic rings. The van der Waals surface area contributed by atoms with Crippen LogP contribution in [0.1, 0.15) is 39.0 Å². The third-order valence-electron chi connectivity index (χ3n) is 3.82. The minimum absolute atomic E-state index is 0.108. The molecule has 1 amide bonds. The van der Waals surface area contributed by atoms with E-state index >= 15 is 0 Å². The number of anilines is 1. The van der Waals surface area contributed by atoms with Crippen molar-refractivity contribution in [1.29, 1.82) is 0 Å². The maximum Gasteiger partial charge on any atom is 0.230 e. The lowest BCUT2D eigenvalue weighted by Crippen LogP contribution is -2.33. The van der Waals surface area contributed by atoms with Gasteiger partial charge in [-0.3, -0.25) is 4.79 Å². The molecular formula is C14H18INO. The van der Waals surface area contributed by atoms with E-state index in [9.17, 15) is 4.79 Å². The highest BCUT2D eigenvalue weighted by Crippen LogP contribution is 2.41. The van der Waals surface area contributed by atoms with Crippen LogP contribution in [0.3, 0.4) is 0 Å². The second-order valence-corrected chi connectivity index (χ2v) is 6.05. The number of hydrogen-bond donors (Lipinski definition) is 1. The Balaban J connectivity index is 2.08. The summed E-state index contributed by atoms with van der Waals surface area (Å²) in [6.45, 7) is 2.12. The second-order valence-electron chi connectivity index (χ2n) is 4.80. The van der Waals surface area contributed by atoms with Crippen LogP contribution in [0.25, 0.3) is 0 Å². The summed E-state index contributed by atoms with van der Waals surface area (Å²) >= 11 is 2.27. The summed E-state index contributed by atoms with van der Waals surface area (Å²) in [5.41, 5.74) is 0.804. The quantitative estimate of drug-likeness (QED) is 0.819. The fourth-order valence-electron chi connectivity index (χ4n) is 2.59. The topological polar surface area (TPSA) is 29.1 Å². The third kappa shape index (κ3) is 2.81. The predicted molar refractivity (Wildman–Crippen MR) is 79.0 cm³/mol. The van der Waals surface area contributed by atoms with Crippen molar-refractivity contribution in [3.05, 3.63) is 27.8 Å². The van der Waals surface area contributed by atoms with Crippen LogP contribution in [0.4, 0.5) is 5.69 Å². The van der Waals surface area contributed by atoms with E-state index in [0.29, 0.717) is 0 Å². The van der Waals surface area contributed by atoms with E-state index in [2.05, 4.69) is 34.8 Å². The first-order valence-electron chi connectivity index (χ1n) is 6.23. The number of amides is 1. The van der Waals surface area contributed by atoms with E-state index in [1.165, 1.54) is 16.4 Å². The third-order valence-corrected chi connectivity index (χ3v) is 4.54. The van der Waals surface area contributed by atoms with Crippen LogP contribution in [0.2, 0.25) is 0 Å². The maximum absolute atomic E-state index is 12.3. The van der Waals surface area contributed by atoms with Gasteiger partial charge in [0.15, 0.2) is 0 Å². The van der Waals surface area contributed by atoms with Gasteiger partial charge in [-0.1, -0.05) is 19.8 Å². The molecular weight excluding hydrogens is 325 g/mol. The van der Waals surface area contributed by atoms with Crippen molar-refractivity contribution in [1.82, 2.24) is 0 Å². The summed E-state index contributed by atoms with van der Waals surface area (Å²) in [7, 11) is 0. The molecule has 0 unspecified atom stereocenters. The molecule has 1 aliphatic carbocycles. The van der Waals surface area contributed by atoms with Gasteiger partial charge in [-0.15, -0.1) is 0 Å². The molecule has 2 rings (SSSR count). The van der Waals surface area contributed by atoms with Crippen LogP contribution in [-0.4, -0.2) is 5.91 Å². The average Bonchev–Trinajstić information content (AvgIpc) is 2.82. The van der Waals surface area contributed by atoms with E-state index in [0.717, 1.165) is 24.9 Å². The van der Waals surface area contributed by atoms with E-state index < -0.39 is 0 Å². The zero-order valence-electron chi connectivity index (χ0n) is 10.1. The van der Waals surface area contributed by atoms with Crippen LogP contribution in [0, 0.1) is 8.99 Å². The Hall–Kier alpha value is -0.580. The Morgan fingerprint density at radius 1 is 1.29 bits per heavy atom. The molecule has 92 valence electrons. The molecule has 0 spiro atoms. The van der Waals surface area contributed by atoms with Crippen molar-refractivity contribution in [2.24, 2.45) is 5.41 Å². The number of halogens is 1. The highest BCUT2D eigenvalue weighted by atomic mass is 127. The van der Waals surface area contributed by atoms with Crippen LogP contribution >= 0.6 is 22.6 Å². The highest BCUT2D eigenvalue weighted by Gasteiger charge is 2.39. The number of hydrogen-bond acceptors (Lipinski definition) is 1. The van der Waals surface area contributed by atoms with Crippen molar-refractivity contribution in [2.45, 2.75) is 39.0 Å². The number of carbonyl (C=O) groups excluding carboxylic acids is 1. The zero-order chi connectivity index (χ0) is 12.3. The Morgan fingerprint density at radius 2 is 1.88 bits per heavy atom. The van der Waals surface area contributed by atoms with Gasteiger partial charge in [-0.05, 0) is 66.1 Å². The van der Waals surface area contributed by atoms with Gasteiger partial charge in [0.25, 0.3) is 0 Å². The lowest BCUT2D eigenvalue weighted by Gasteiger charge is -2.26. The van der Waals surface area contributed by atoms with Crippen molar-refractivity contribution >= 4 is 34.2 Å². The molecule has 1 aliphatic rings. The molecule has 0 bridgehead atoms.